The molecule has 2 rings (SSSR count). The Kier molecular flexibility index (Phi) is 7.48. The van der Waals surface area contributed by atoms with Crippen LogP contribution in [0.2, 0.25) is 0 Å². The fraction of sp³-hybridized carbons (Fsp3) is 0.263. The van der Waals surface area contributed by atoms with Gasteiger partial charge in [0.1, 0.15) is 5.82 Å². The first-order valence-electron chi connectivity index (χ1n) is 8.09. The predicted molar refractivity (Wildman–Crippen MR) is 102 cm³/mol. The van der Waals surface area contributed by atoms with Gasteiger partial charge in [-0.3, -0.25) is 20.4 Å². The Labute approximate surface area is 161 Å². The SMILES string of the molecule is COc1cc(C)c(CSCC(=O)NNC(=O)c2ccccc2F)cc1OC. The number of hydrogen-bond acceptors (Lipinski definition) is 5. The largest absolute Gasteiger partial charge is 0.493 e. The predicted octanol–water partition coefficient (Wildman–Crippen LogP) is 2.85. The standard InChI is InChI=1S/C19H21FN2O4S/c1-12-8-16(25-2)17(26-3)9-13(12)10-27-11-18(23)21-22-19(24)14-6-4-5-7-15(14)20/h4-9H,10-11H2,1-3H3,(H,21,23)(H,22,24). The summed E-state index contributed by atoms with van der Waals surface area (Å²) in [5.41, 5.74) is 6.39. The van der Waals surface area contributed by atoms with Gasteiger partial charge in [-0.25, -0.2) is 4.39 Å². The molecule has 0 fully saturated rings. The molecule has 2 N–H and O–H groups in total. The van der Waals surface area contributed by atoms with Gasteiger partial charge < -0.3 is 9.47 Å². The summed E-state index contributed by atoms with van der Waals surface area (Å²) in [6.07, 6.45) is 0. The number of rotatable bonds is 7. The highest BCUT2D eigenvalue weighted by molar-refractivity contribution is 7.99. The van der Waals surface area contributed by atoms with E-state index in [4.69, 9.17) is 9.47 Å². The Morgan fingerprint density at radius 3 is 2.41 bits per heavy atom. The lowest BCUT2D eigenvalue weighted by Crippen LogP contribution is -2.42. The number of hydrogen-bond donors (Lipinski definition) is 2. The summed E-state index contributed by atoms with van der Waals surface area (Å²) in [6, 6.07) is 9.30. The molecule has 0 aliphatic carbocycles. The summed E-state index contributed by atoms with van der Waals surface area (Å²) in [4.78, 5) is 23.7. The van der Waals surface area contributed by atoms with Gasteiger partial charge in [-0.15, -0.1) is 11.8 Å². The maximum atomic E-state index is 13.5. The van der Waals surface area contributed by atoms with Crippen LogP contribution in [0.5, 0.6) is 11.5 Å². The second-order valence-electron chi connectivity index (χ2n) is 5.61. The molecule has 0 saturated heterocycles. The van der Waals surface area contributed by atoms with Gasteiger partial charge in [-0.2, -0.15) is 0 Å². The lowest BCUT2D eigenvalue weighted by molar-refractivity contribution is -0.119. The molecule has 0 aliphatic heterocycles. The van der Waals surface area contributed by atoms with Crippen molar-refractivity contribution in [3.8, 4) is 11.5 Å². The Morgan fingerprint density at radius 2 is 1.74 bits per heavy atom. The molecule has 2 aromatic rings. The minimum absolute atomic E-state index is 0.130. The molecule has 8 heteroatoms. The van der Waals surface area contributed by atoms with Crippen molar-refractivity contribution in [3.63, 3.8) is 0 Å². The number of carbonyl (C=O) groups excluding carboxylic acids is 2. The van der Waals surface area contributed by atoms with E-state index in [-0.39, 0.29) is 17.2 Å². The van der Waals surface area contributed by atoms with E-state index >= 15 is 0 Å². The van der Waals surface area contributed by atoms with Gasteiger partial charge in [-0.1, -0.05) is 12.1 Å². The zero-order valence-corrected chi connectivity index (χ0v) is 16.1. The average molecular weight is 392 g/mol. The molecule has 0 saturated carbocycles. The van der Waals surface area contributed by atoms with Crippen LogP contribution >= 0.6 is 11.8 Å². The molecule has 0 atom stereocenters. The van der Waals surface area contributed by atoms with Crippen molar-refractivity contribution < 1.29 is 23.5 Å². The van der Waals surface area contributed by atoms with Crippen molar-refractivity contribution in [2.75, 3.05) is 20.0 Å². The Morgan fingerprint density at radius 1 is 1.07 bits per heavy atom. The van der Waals surface area contributed by atoms with Crippen LogP contribution in [-0.4, -0.2) is 31.8 Å². The third-order valence-electron chi connectivity index (χ3n) is 3.77. The first-order chi connectivity index (χ1) is 13.0. The zero-order valence-electron chi connectivity index (χ0n) is 15.3. The lowest BCUT2D eigenvalue weighted by Gasteiger charge is -2.12. The molecule has 0 bridgehead atoms. The summed E-state index contributed by atoms with van der Waals surface area (Å²) in [5, 5.41) is 0. The molecule has 0 unspecified atom stereocenters. The van der Waals surface area contributed by atoms with E-state index in [1.807, 2.05) is 19.1 Å². The highest BCUT2D eigenvalue weighted by Crippen LogP contribution is 2.31. The minimum atomic E-state index is -0.706. The second-order valence-corrected chi connectivity index (χ2v) is 6.59. The van der Waals surface area contributed by atoms with Gasteiger partial charge in [0, 0.05) is 5.75 Å². The number of carbonyl (C=O) groups is 2. The number of ether oxygens (including phenoxy) is 2. The van der Waals surface area contributed by atoms with E-state index in [1.165, 1.54) is 30.0 Å². The van der Waals surface area contributed by atoms with Gasteiger partial charge in [0.05, 0.1) is 25.5 Å². The third-order valence-corrected chi connectivity index (χ3v) is 4.75. The number of thioether (sulfide) groups is 1. The molecular weight excluding hydrogens is 371 g/mol. The molecule has 0 spiro atoms. The molecule has 2 amide bonds. The Bertz CT molecular complexity index is 829. The molecular formula is C19H21FN2O4S. The molecule has 0 heterocycles. The summed E-state index contributed by atoms with van der Waals surface area (Å²) in [5.74, 6) is 0.247. The fourth-order valence-corrected chi connectivity index (χ4v) is 3.20. The number of hydrazine groups is 1. The van der Waals surface area contributed by atoms with E-state index in [1.54, 1.807) is 20.3 Å². The average Bonchev–Trinajstić information content (AvgIpc) is 2.67. The minimum Gasteiger partial charge on any atom is -0.493 e. The van der Waals surface area contributed by atoms with E-state index < -0.39 is 11.7 Å². The van der Waals surface area contributed by atoms with Crippen LogP contribution in [0.15, 0.2) is 36.4 Å². The van der Waals surface area contributed by atoms with Gasteiger partial charge >= 0.3 is 0 Å². The Balaban J connectivity index is 1.83. The van der Waals surface area contributed by atoms with Crippen molar-refractivity contribution in [1.82, 2.24) is 10.9 Å². The van der Waals surface area contributed by atoms with Gasteiger partial charge in [0.15, 0.2) is 11.5 Å². The molecule has 2 aromatic carbocycles. The number of amides is 2. The maximum absolute atomic E-state index is 13.5. The van der Waals surface area contributed by atoms with Crippen molar-refractivity contribution in [1.29, 1.82) is 0 Å². The number of aryl methyl sites for hydroxylation is 1. The molecule has 0 aliphatic rings. The number of methoxy groups -OCH3 is 2. The van der Waals surface area contributed by atoms with E-state index in [0.717, 1.165) is 11.1 Å². The maximum Gasteiger partial charge on any atom is 0.272 e. The van der Waals surface area contributed by atoms with E-state index in [2.05, 4.69) is 10.9 Å². The third kappa shape index (κ3) is 5.62. The van der Waals surface area contributed by atoms with Crippen LogP contribution in [0.4, 0.5) is 4.39 Å². The number of nitrogens with one attached hydrogen (secondary N) is 2. The summed E-state index contributed by atoms with van der Waals surface area (Å²) >= 11 is 1.38. The van der Waals surface area contributed by atoms with Crippen LogP contribution in [0.3, 0.4) is 0 Å². The summed E-state index contributed by atoms with van der Waals surface area (Å²) in [7, 11) is 3.14. The Hall–Kier alpha value is -2.74. The first-order valence-corrected chi connectivity index (χ1v) is 9.24. The quantitative estimate of drug-likeness (QED) is 0.709. The van der Waals surface area contributed by atoms with E-state index in [0.29, 0.717) is 17.3 Å². The van der Waals surface area contributed by atoms with Crippen LogP contribution < -0.4 is 20.3 Å². The molecule has 27 heavy (non-hydrogen) atoms. The van der Waals surface area contributed by atoms with Crippen LogP contribution in [-0.2, 0) is 10.5 Å². The van der Waals surface area contributed by atoms with Gasteiger partial charge in [-0.05, 0) is 42.3 Å². The highest BCUT2D eigenvalue weighted by atomic mass is 32.2. The van der Waals surface area contributed by atoms with Crippen molar-refractivity contribution in [3.05, 3.63) is 58.9 Å². The van der Waals surface area contributed by atoms with Crippen LogP contribution in [0, 0.1) is 12.7 Å². The molecule has 144 valence electrons. The van der Waals surface area contributed by atoms with Crippen molar-refractivity contribution in [2.24, 2.45) is 0 Å². The van der Waals surface area contributed by atoms with Crippen LogP contribution in [0.1, 0.15) is 21.5 Å². The first kappa shape index (κ1) is 20.6. The van der Waals surface area contributed by atoms with Crippen LogP contribution in [0.25, 0.3) is 0 Å². The molecule has 0 aromatic heterocycles. The number of benzene rings is 2. The van der Waals surface area contributed by atoms with Gasteiger partial charge in [0.25, 0.3) is 5.91 Å². The zero-order chi connectivity index (χ0) is 19.8. The second kappa shape index (κ2) is 9.82. The smallest absolute Gasteiger partial charge is 0.272 e. The van der Waals surface area contributed by atoms with Crippen molar-refractivity contribution in [2.45, 2.75) is 12.7 Å². The topological polar surface area (TPSA) is 76.7 Å². The fourth-order valence-electron chi connectivity index (χ4n) is 2.31. The monoisotopic (exact) mass is 392 g/mol. The number of halogens is 1. The summed E-state index contributed by atoms with van der Waals surface area (Å²) in [6.45, 7) is 1.95. The molecule has 6 nitrogen and oxygen atoms in total. The van der Waals surface area contributed by atoms with E-state index in [9.17, 15) is 14.0 Å². The molecule has 0 radical (unpaired) electrons. The highest BCUT2D eigenvalue weighted by Gasteiger charge is 2.12. The van der Waals surface area contributed by atoms with Gasteiger partial charge in [0.2, 0.25) is 5.91 Å². The lowest BCUT2D eigenvalue weighted by atomic mass is 10.1. The summed E-state index contributed by atoms with van der Waals surface area (Å²) < 4.78 is 24.0. The normalized spacial score (nSPS) is 10.2. The van der Waals surface area contributed by atoms with Crippen molar-refractivity contribution >= 4 is 23.6 Å².